The normalized spacial score (nSPS) is 18.9. The fourth-order valence-corrected chi connectivity index (χ4v) is 2.22. The van der Waals surface area contributed by atoms with Crippen LogP contribution >= 0.6 is 0 Å². The van der Waals surface area contributed by atoms with E-state index < -0.39 is 0 Å². The third kappa shape index (κ3) is 3.03. The molecule has 0 bridgehead atoms. The summed E-state index contributed by atoms with van der Waals surface area (Å²) in [5.74, 6) is -0.218. The number of ether oxygens (including phenoxy) is 1. The molecule has 0 radical (unpaired) electrons. The molecular weight excluding hydrogens is 205 g/mol. The first-order valence-electron chi connectivity index (χ1n) is 5.79. The van der Waals surface area contributed by atoms with Gasteiger partial charge in [0.2, 0.25) is 0 Å². The van der Waals surface area contributed by atoms with Gasteiger partial charge in [0, 0.05) is 5.54 Å². The topological polar surface area (TPSA) is 35.2 Å². The molecule has 1 aromatic rings. The van der Waals surface area contributed by atoms with Gasteiger partial charge >= 0.3 is 0 Å². The summed E-state index contributed by atoms with van der Waals surface area (Å²) in [6.07, 6.45) is 4.46. The average molecular weight is 223 g/mol. The van der Waals surface area contributed by atoms with Gasteiger partial charge in [-0.05, 0) is 30.5 Å². The summed E-state index contributed by atoms with van der Waals surface area (Å²) in [7, 11) is 0. The van der Waals surface area contributed by atoms with Crippen molar-refractivity contribution in [1.82, 2.24) is 0 Å². The molecule has 3 heteroatoms. The molecule has 1 aromatic carbocycles. The highest BCUT2D eigenvalue weighted by atomic mass is 19.1. The summed E-state index contributed by atoms with van der Waals surface area (Å²) >= 11 is 0. The maximum atomic E-state index is 12.9. The first-order chi connectivity index (χ1) is 7.68. The molecule has 0 unspecified atom stereocenters. The van der Waals surface area contributed by atoms with Crippen LogP contribution in [0.25, 0.3) is 0 Å². The number of hydrogen-bond acceptors (Lipinski definition) is 2. The van der Waals surface area contributed by atoms with Crippen LogP contribution in [0.2, 0.25) is 0 Å². The van der Waals surface area contributed by atoms with E-state index in [0.717, 1.165) is 18.4 Å². The summed E-state index contributed by atoms with van der Waals surface area (Å²) in [6.45, 7) is 1.01. The van der Waals surface area contributed by atoms with Crippen LogP contribution in [0.4, 0.5) is 4.39 Å². The zero-order valence-electron chi connectivity index (χ0n) is 9.42. The molecule has 0 aromatic heterocycles. The van der Waals surface area contributed by atoms with Gasteiger partial charge in [0.15, 0.2) is 0 Å². The van der Waals surface area contributed by atoms with Gasteiger partial charge in [0.25, 0.3) is 0 Å². The van der Waals surface area contributed by atoms with Crippen LogP contribution in [0.3, 0.4) is 0 Å². The largest absolute Gasteiger partial charge is 0.375 e. The molecule has 2 N–H and O–H groups in total. The van der Waals surface area contributed by atoms with E-state index in [2.05, 4.69) is 0 Å². The number of nitrogens with two attached hydrogens (primary N) is 1. The van der Waals surface area contributed by atoms with Gasteiger partial charge in [-0.2, -0.15) is 0 Å². The first kappa shape index (κ1) is 11.6. The lowest BCUT2D eigenvalue weighted by molar-refractivity contribution is 0.0749. The molecule has 0 atom stereocenters. The maximum absolute atomic E-state index is 12.9. The van der Waals surface area contributed by atoms with Crippen molar-refractivity contribution in [3.63, 3.8) is 0 Å². The van der Waals surface area contributed by atoms with Gasteiger partial charge in [0.1, 0.15) is 5.82 Å². The molecule has 0 amide bonds. The Balaban J connectivity index is 1.79. The number of benzene rings is 1. The van der Waals surface area contributed by atoms with Crippen molar-refractivity contribution in [1.29, 1.82) is 0 Å². The second-order valence-corrected chi connectivity index (χ2v) is 4.69. The highest BCUT2D eigenvalue weighted by Crippen LogP contribution is 2.27. The Morgan fingerprint density at radius 2 is 2.06 bits per heavy atom. The monoisotopic (exact) mass is 223 g/mol. The Labute approximate surface area is 95.6 Å². The summed E-state index contributed by atoms with van der Waals surface area (Å²) in [5, 5.41) is 0. The van der Waals surface area contributed by atoms with Crippen LogP contribution in [0.1, 0.15) is 31.2 Å². The predicted octanol–water partition coefficient (Wildman–Crippen LogP) is 2.61. The molecule has 1 aliphatic carbocycles. The van der Waals surface area contributed by atoms with Crippen molar-refractivity contribution in [2.75, 3.05) is 6.61 Å². The lowest BCUT2D eigenvalue weighted by Crippen LogP contribution is -2.41. The van der Waals surface area contributed by atoms with Crippen molar-refractivity contribution in [2.45, 2.75) is 37.8 Å². The molecule has 16 heavy (non-hydrogen) atoms. The molecular formula is C13H18FNO. The summed E-state index contributed by atoms with van der Waals surface area (Å²) in [5.41, 5.74) is 6.87. The van der Waals surface area contributed by atoms with Gasteiger partial charge in [-0.3, -0.25) is 0 Å². The van der Waals surface area contributed by atoms with E-state index in [1.54, 1.807) is 6.07 Å². The SMILES string of the molecule is NC1(COCc2cccc(F)c2)CCCC1. The smallest absolute Gasteiger partial charge is 0.123 e. The Morgan fingerprint density at radius 1 is 1.31 bits per heavy atom. The van der Waals surface area contributed by atoms with E-state index >= 15 is 0 Å². The van der Waals surface area contributed by atoms with Gasteiger partial charge in [-0.15, -0.1) is 0 Å². The van der Waals surface area contributed by atoms with Crippen LogP contribution in [-0.4, -0.2) is 12.1 Å². The quantitative estimate of drug-likeness (QED) is 0.851. The molecule has 1 aliphatic rings. The van der Waals surface area contributed by atoms with Crippen molar-refractivity contribution >= 4 is 0 Å². The molecule has 0 saturated heterocycles. The third-order valence-electron chi connectivity index (χ3n) is 3.15. The van der Waals surface area contributed by atoms with E-state index in [0.29, 0.717) is 13.2 Å². The van der Waals surface area contributed by atoms with Crippen LogP contribution in [0.5, 0.6) is 0 Å². The number of hydrogen-bond donors (Lipinski definition) is 1. The van der Waals surface area contributed by atoms with Gasteiger partial charge < -0.3 is 10.5 Å². The summed E-state index contributed by atoms with van der Waals surface area (Å²) < 4.78 is 18.5. The molecule has 0 spiro atoms. The number of halogens is 1. The first-order valence-corrected chi connectivity index (χ1v) is 5.79. The summed E-state index contributed by atoms with van der Waals surface area (Å²) in [4.78, 5) is 0. The Bertz CT molecular complexity index is 348. The highest BCUT2D eigenvalue weighted by molar-refractivity contribution is 5.15. The lowest BCUT2D eigenvalue weighted by Gasteiger charge is -2.23. The van der Waals surface area contributed by atoms with Crippen molar-refractivity contribution in [3.05, 3.63) is 35.6 Å². The summed E-state index contributed by atoms with van der Waals surface area (Å²) in [6, 6.07) is 6.49. The molecule has 2 nitrogen and oxygen atoms in total. The molecule has 0 aliphatic heterocycles. The Hall–Kier alpha value is -0.930. The van der Waals surface area contributed by atoms with E-state index in [9.17, 15) is 4.39 Å². The molecule has 1 saturated carbocycles. The van der Waals surface area contributed by atoms with Crippen molar-refractivity contribution in [2.24, 2.45) is 5.73 Å². The van der Waals surface area contributed by atoms with E-state index in [1.807, 2.05) is 6.07 Å². The van der Waals surface area contributed by atoms with E-state index in [1.165, 1.54) is 25.0 Å². The standard InChI is InChI=1S/C13H18FNO/c14-12-5-3-4-11(8-12)9-16-10-13(15)6-1-2-7-13/h3-5,8H,1-2,6-7,9-10,15H2. The zero-order valence-corrected chi connectivity index (χ0v) is 9.42. The minimum Gasteiger partial charge on any atom is -0.375 e. The van der Waals surface area contributed by atoms with Crippen LogP contribution in [0.15, 0.2) is 24.3 Å². The van der Waals surface area contributed by atoms with Crippen molar-refractivity contribution in [3.8, 4) is 0 Å². The number of rotatable bonds is 4. The van der Waals surface area contributed by atoms with Crippen LogP contribution < -0.4 is 5.73 Å². The Morgan fingerprint density at radius 3 is 2.75 bits per heavy atom. The van der Waals surface area contributed by atoms with Gasteiger partial charge in [-0.25, -0.2) is 4.39 Å². The maximum Gasteiger partial charge on any atom is 0.123 e. The van der Waals surface area contributed by atoms with E-state index in [-0.39, 0.29) is 11.4 Å². The highest BCUT2D eigenvalue weighted by Gasteiger charge is 2.29. The minimum absolute atomic E-state index is 0.146. The average Bonchev–Trinajstić information content (AvgIpc) is 2.65. The second kappa shape index (κ2) is 4.93. The minimum atomic E-state index is -0.218. The van der Waals surface area contributed by atoms with Crippen molar-refractivity contribution < 1.29 is 9.13 Å². The van der Waals surface area contributed by atoms with E-state index in [4.69, 9.17) is 10.5 Å². The van der Waals surface area contributed by atoms with Gasteiger partial charge in [-0.1, -0.05) is 25.0 Å². The third-order valence-corrected chi connectivity index (χ3v) is 3.15. The molecule has 0 heterocycles. The second-order valence-electron chi connectivity index (χ2n) is 4.69. The fourth-order valence-electron chi connectivity index (χ4n) is 2.22. The fraction of sp³-hybridized carbons (Fsp3) is 0.538. The molecule has 1 fully saturated rings. The zero-order chi connectivity index (χ0) is 11.4. The lowest BCUT2D eigenvalue weighted by atomic mass is 10.0. The molecule has 2 rings (SSSR count). The van der Waals surface area contributed by atoms with Gasteiger partial charge in [0.05, 0.1) is 13.2 Å². The molecule has 88 valence electrons. The Kier molecular flexibility index (Phi) is 3.56. The van der Waals surface area contributed by atoms with Crippen LogP contribution in [0, 0.1) is 5.82 Å². The van der Waals surface area contributed by atoms with Crippen LogP contribution in [-0.2, 0) is 11.3 Å². The predicted molar refractivity (Wildman–Crippen MR) is 61.4 cm³/mol.